The van der Waals surface area contributed by atoms with E-state index >= 15 is 0 Å². The summed E-state index contributed by atoms with van der Waals surface area (Å²) in [7, 11) is 0. The molecule has 0 aliphatic carbocycles. The van der Waals surface area contributed by atoms with Gasteiger partial charge in [0.1, 0.15) is 23.3 Å². The Morgan fingerprint density at radius 1 is 0.662 bits per heavy atom. The fraction of sp³-hybridized carbons (Fsp3) is 0.236. The molecule has 3 atom stereocenters. The maximum absolute atomic E-state index is 13.8. The number of benzene rings is 2. The molecule has 16 heteroatoms. The molecule has 354 valence electrons. The van der Waals surface area contributed by atoms with Crippen LogP contribution in [0, 0.1) is 25.7 Å². The number of piperidine rings is 2. The van der Waals surface area contributed by atoms with Crippen LogP contribution in [0.2, 0.25) is 0 Å². The lowest BCUT2D eigenvalue weighted by Crippen LogP contribution is -2.41. The minimum absolute atomic E-state index is 0.0714. The second kappa shape index (κ2) is 19.6. The normalized spacial score (nSPS) is 16.8. The summed E-state index contributed by atoms with van der Waals surface area (Å²) in [5.74, 6) is 6.65. The first-order chi connectivity index (χ1) is 34.6. The Labute approximate surface area is 409 Å². The molecule has 4 amide bonds. The van der Waals surface area contributed by atoms with Gasteiger partial charge in [-0.25, -0.2) is 19.9 Å². The Morgan fingerprint density at radius 2 is 1.25 bits per heavy atom. The van der Waals surface area contributed by atoms with E-state index < -0.39 is 0 Å². The second-order valence-corrected chi connectivity index (χ2v) is 17.7. The SMILES string of the molecule is C=CC(=O)N1CC(c2ccnc(NC(=O)c3ccc(-c4nc([C@@H]5CCCCN5C(=O)C#CC)n5ccnc(C)c45)cc3)c2)CC[C@H]1c1nc(-c2ccc(C(=O)Nc3ccccn3)cc2)c2c(C)nccn12. The number of carbonyl (C=O) groups excluding carboxylic acids is 4. The number of fused-ring (bicyclic) bond motifs is 2. The molecular formula is C55H50N12O4. The van der Waals surface area contributed by atoms with E-state index in [0.717, 1.165) is 70.6 Å². The van der Waals surface area contributed by atoms with E-state index in [2.05, 4.69) is 49.0 Å². The van der Waals surface area contributed by atoms with Crippen LogP contribution in [-0.2, 0) is 9.59 Å². The van der Waals surface area contributed by atoms with Crippen molar-refractivity contribution in [3.05, 3.63) is 168 Å². The average molecular weight is 943 g/mol. The highest BCUT2D eigenvalue weighted by Gasteiger charge is 2.36. The van der Waals surface area contributed by atoms with Crippen molar-refractivity contribution in [1.82, 2.24) is 48.5 Å². The van der Waals surface area contributed by atoms with Crippen molar-refractivity contribution in [3.63, 3.8) is 0 Å². The number of aryl methyl sites for hydroxylation is 2. The van der Waals surface area contributed by atoms with Crippen molar-refractivity contribution < 1.29 is 19.2 Å². The topological polar surface area (TPSA) is 185 Å². The van der Waals surface area contributed by atoms with Crippen LogP contribution in [0.1, 0.15) is 106 Å². The maximum atomic E-state index is 13.8. The molecule has 71 heavy (non-hydrogen) atoms. The summed E-state index contributed by atoms with van der Waals surface area (Å²) >= 11 is 0. The zero-order chi connectivity index (χ0) is 49.2. The number of anilines is 2. The van der Waals surface area contributed by atoms with Gasteiger partial charge in [-0.2, -0.15) is 0 Å². The third-order valence-electron chi connectivity index (χ3n) is 13.4. The number of nitrogens with one attached hydrogen (secondary N) is 2. The number of rotatable bonds is 10. The Balaban J connectivity index is 0.861. The molecule has 0 saturated carbocycles. The number of nitrogens with zero attached hydrogens (tertiary/aromatic N) is 10. The van der Waals surface area contributed by atoms with E-state index in [-0.39, 0.29) is 41.6 Å². The van der Waals surface area contributed by atoms with Crippen molar-refractivity contribution in [2.75, 3.05) is 23.7 Å². The zero-order valence-corrected chi connectivity index (χ0v) is 39.5. The monoisotopic (exact) mass is 942 g/mol. The van der Waals surface area contributed by atoms with Crippen LogP contribution in [-0.4, -0.2) is 85.2 Å². The molecule has 2 N–H and O–H groups in total. The maximum Gasteiger partial charge on any atom is 0.299 e. The zero-order valence-electron chi connectivity index (χ0n) is 39.5. The minimum atomic E-state index is -0.383. The van der Waals surface area contributed by atoms with Crippen molar-refractivity contribution in [3.8, 4) is 34.4 Å². The van der Waals surface area contributed by atoms with Crippen molar-refractivity contribution in [2.45, 2.75) is 70.9 Å². The van der Waals surface area contributed by atoms with Gasteiger partial charge in [0.15, 0.2) is 0 Å². The molecule has 8 aromatic rings. The highest BCUT2D eigenvalue weighted by atomic mass is 16.2. The van der Waals surface area contributed by atoms with Crippen LogP contribution in [0.25, 0.3) is 33.5 Å². The van der Waals surface area contributed by atoms with Gasteiger partial charge in [0.2, 0.25) is 5.91 Å². The molecule has 0 spiro atoms. The van der Waals surface area contributed by atoms with E-state index in [0.29, 0.717) is 59.5 Å². The molecule has 2 fully saturated rings. The van der Waals surface area contributed by atoms with Gasteiger partial charge in [0.25, 0.3) is 17.7 Å². The number of hydrogen-bond acceptors (Lipinski definition) is 10. The summed E-state index contributed by atoms with van der Waals surface area (Å²) in [5, 5.41) is 5.80. The molecule has 0 bridgehead atoms. The van der Waals surface area contributed by atoms with Gasteiger partial charge >= 0.3 is 0 Å². The van der Waals surface area contributed by atoms with Crippen LogP contribution in [0.5, 0.6) is 0 Å². The molecule has 2 saturated heterocycles. The molecule has 2 aliphatic heterocycles. The number of carbonyl (C=O) groups is 4. The smallest absolute Gasteiger partial charge is 0.299 e. The molecule has 2 aromatic carbocycles. The lowest BCUT2D eigenvalue weighted by Gasteiger charge is -2.39. The molecule has 10 rings (SSSR count). The van der Waals surface area contributed by atoms with Gasteiger partial charge in [-0.3, -0.25) is 37.9 Å². The first-order valence-corrected chi connectivity index (χ1v) is 23.6. The molecule has 8 heterocycles. The summed E-state index contributed by atoms with van der Waals surface area (Å²) in [6, 6.07) is 23.0. The van der Waals surface area contributed by atoms with Crippen LogP contribution in [0.3, 0.4) is 0 Å². The van der Waals surface area contributed by atoms with Crippen LogP contribution < -0.4 is 10.6 Å². The fourth-order valence-corrected chi connectivity index (χ4v) is 9.95. The predicted molar refractivity (Wildman–Crippen MR) is 269 cm³/mol. The molecule has 6 aromatic heterocycles. The number of pyridine rings is 2. The predicted octanol–water partition coefficient (Wildman–Crippen LogP) is 8.73. The van der Waals surface area contributed by atoms with E-state index in [4.69, 9.17) is 9.97 Å². The third kappa shape index (κ3) is 9.01. The first-order valence-electron chi connectivity index (χ1n) is 23.6. The highest BCUT2D eigenvalue weighted by molar-refractivity contribution is 6.05. The lowest BCUT2D eigenvalue weighted by molar-refractivity contribution is -0.130. The van der Waals surface area contributed by atoms with Crippen LogP contribution in [0.4, 0.5) is 11.6 Å². The third-order valence-corrected chi connectivity index (χ3v) is 13.4. The first kappa shape index (κ1) is 45.9. The molecule has 1 unspecified atom stereocenters. The summed E-state index contributed by atoms with van der Waals surface area (Å²) < 4.78 is 4.03. The summed E-state index contributed by atoms with van der Waals surface area (Å²) in [5.41, 5.74) is 8.05. The second-order valence-electron chi connectivity index (χ2n) is 17.7. The number of amides is 4. The van der Waals surface area contributed by atoms with Gasteiger partial charge in [0.05, 0.1) is 45.9 Å². The van der Waals surface area contributed by atoms with Gasteiger partial charge in [-0.05, 0) is 119 Å². The number of aromatic nitrogens is 8. The quantitative estimate of drug-likeness (QED) is 0.0993. The van der Waals surface area contributed by atoms with Crippen LogP contribution >= 0.6 is 0 Å². The van der Waals surface area contributed by atoms with E-state index in [1.807, 2.05) is 81.2 Å². The summed E-state index contributed by atoms with van der Waals surface area (Å²) in [6.45, 7) is 10.4. The van der Waals surface area contributed by atoms with Crippen molar-refractivity contribution in [1.29, 1.82) is 0 Å². The number of likely N-dealkylation sites (tertiary alicyclic amines) is 2. The van der Waals surface area contributed by atoms with Crippen molar-refractivity contribution in [2.24, 2.45) is 0 Å². The van der Waals surface area contributed by atoms with Gasteiger partial charge in [0, 0.05) is 78.4 Å². The molecular weight excluding hydrogens is 893 g/mol. The Kier molecular flexibility index (Phi) is 12.7. The summed E-state index contributed by atoms with van der Waals surface area (Å²) in [6.07, 6.45) is 15.8. The molecule has 16 nitrogen and oxygen atoms in total. The van der Waals surface area contributed by atoms with Gasteiger partial charge < -0.3 is 20.4 Å². The summed E-state index contributed by atoms with van der Waals surface area (Å²) in [4.78, 5) is 85.5. The van der Waals surface area contributed by atoms with E-state index in [1.54, 1.807) is 74.2 Å². The van der Waals surface area contributed by atoms with Crippen LogP contribution in [0.15, 0.2) is 129 Å². The standard InChI is InChI=1S/C55H50N12O4/c1-5-11-47(69)64-29-10-8-12-42(64)52-62-48(50-34(3)56-27-30-65(50)52)36-16-20-39(21-17-36)55(71)61-45-32-40(24-26-59-45)41-22-23-43(67(33-41)46(68)6-2)53-63-49(51-35(4)57-28-31-66(51)53)37-14-18-38(19-15-37)54(70)60-44-13-7-9-25-58-44/h6-7,9,13-21,24-28,30-32,41-43H,2,8,10,12,22-23,29,33H2,1,3-4H3,(H,58,60,70)(H,59,61,71)/t41?,42-,43-/m0/s1. The van der Waals surface area contributed by atoms with Crippen molar-refractivity contribution >= 4 is 46.3 Å². The van der Waals surface area contributed by atoms with Gasteiger partial charge in [-0.1, -0.05) is 42.8 Å². The molecule has 0 radical (unpaired) electrons. The Hall–Kier alpha value is -8.84. The Morgan fingerprint density at radius 3 is 1.83 bits per heavy atom. The Bertz CT molecular complexity index is 3430. The highest BCUT2D eigenvalue weighted by Crippen LogP contribution is 2.41. The fourth-order valence-electron chi connectivity index (χ4n) is 9.95. The molecule has 2 aliphatic rings. The van der Waals surface area contributed by atoms with Gasteiger partial charge in [-0.15, -0.1) is 0 Å². The largest absolute Gasteiger partial charge is 0.328 e. The number of imidazole rings is 2. The van der Waals surface area contributed by atoms with E-state index in [9.17, 15) is 19.2 Å². The lowest BCUT2D eigenvalue weighted by atomic mass is 9.87. The van der Waals surface area contributed by atoms with E-state index in [1.165, 1.54) is 6.08 Å². The number of hydrogen-bond donors (Lipinski definition) is 2. The average Bonchev–Trinajstić information content (AvgIpc) is 4.00. The minimum Gasteiger partial charge on any atom is -0.328 e.